The van der Waals surface area contributed by atoms with Gasteiger partial charge in [0.25, 0.3) is 11.8 Å². The standard InChI is InChI=1S/C27H23N3O5/c1-18(31)29-24-17-20(14-15-28-24)9-8-19-10-12-21(13-11-19)35-25(32)7-4-16-30-26(33)22-5-2-3-6-23(22)27(30)34/h2-3,5-6,8-15,17H,4,7,16H2,1H3,(H,28,29,31)/b9-8+. The van der Waals surface area contributed by atoms with Crippen LogP contribution in [0.5, 0.6) is 5.75 Å². The molecule has 1 N–H and O–H groups in total. The molecule has 35 heavy (non-hydrogen) atoms. The van der Waals surface area contributed by atoms with Gasteiger partial charge in [0, 0.05) is 26.1 Å². The normalized spacial score (nSPS) is 12.7. The molecule has 8 nitrogen and oxygen atoms in total. The number of amides is 3. The molecule has 0 atom stereocenters. The zero-order chi connectivity index (χ0) is 24.8. The lowest BCUT2D eigenvalue weighted by molar-refractivity contribution is -0.134. The number of ether oxygens (including phenoxy) is 1. The number of nitrogens with zero attached hydrogens (tertiary/aromatic N) is 2. The Morgan fingerprint density at radius 1 is 0.943 bits per heavy atom. The lowest BCUT2D eigenvalue weighted by atomic mass is 10.1. The Labute approximate surface area is 202 Å². The average molecular weight is 469 g/mol. The number of hydrogen-bond donors (Lipinski definition) is 1. The number of fused-ring (bicyclic) bond motifs is 1. The number of aromatic nitrogens is 1. The van der Waals surface area contributed by atoms with Crippen molar-refractivity contribution in [3.8, 4) is 5.75 Å². The van der Waals surface area contributed by atoms with E-state index in [1.807, 2.05) is 30.4 Å². The van der Waals surface area contributed by atoms with Crippen LogP contribution in [-0.4, -0.2) is 40.1 Å². The Morgan fingerprint density at radius 3 is 2.26 bits per heavy atom. The minimum Gasteiger partial charge on any atom is -0.427 e. The highest BCUT2D eigenvalue weighted by Crippen LogP contribution is 2.23. The van der Waals surface area contributed by atoms with Crippen LogP contribution in [0.4, 0.5) is 5.82 Å². The third kappa shape index (κ3) is 5.86. The third-order valence-corrected chi connectivity index (χ3v) is 5.31. The van der Waals surface area contributed by atoms with E-state index in [1.54, 1.807) is 48.7 Å². The topological polar surface area (TPSA) is 106 Å². The van der Waals surface area contributed by atoms with Crippen molar-refractivity contribution in [2.75, 3.05) is 11.9 Å². The highest BCUT2D eigenvalue weighted by Gasteiger charge is 2.34. The summed E-state index contributed by atoms with van der Waals surface area (Å²) in [7, 11) is 0. The summed E-state index contributed by atoms with van der Waals surface area (Å²) < 4.78 is 5.37. The Kier molecular flexibility index (Phi) is 7.11. The number of hydrogen-bond acceptors (Lipinski definition) is 6. The molecule has 0 fully saturated rings. The molecule has 0 aliphatic carbocycles. The molecule has 0 radical (unpaired) electrons. The molecule has 0 unspecified atom stereocenters. The molecule has 0 spiro atoms. The molecule has 3 aromatic rings. The van der Waals surface area contributed by atoms with E-state index in [2.05, 4.69) is 10.3 Å². The maximum absolute atomic E-state index is 12.4. The van der Waals surface area contributed by atoms with Gasteiger partial charge in [-0.1, -0.05) is 36.4 Å². The molecule has 0 saturated heterocycles. The molecule has 8 heteroatoms. The second-order valence-electron chi connectivity index (χ2n) is 7.94. The number of nitrogens with one attached hydrogen (secondary N) is 1. The summed E-state index contributed by atoms with van der Waals surface area (Å²) in [5.74, 6) is -0.407. The second-order valence-corrected chi connectivity index (χ2v) is 7.94. The summed E-state index contributed by atoms with van der Waals surface area (Å²) in [6.45, 7) is 1.58. The van der Waals surface area contributed by atoms with E-state index >= 15 is 0 Å². The zero-order valence-electron chi connectivity index (χ0n) is 19.1. The maximum atomic E-state index is 12.4. The van der Waals surface area contributed by atoms with Crippen molar-refractivity contribution in [2.24, 2.45) is 0 Å². The van der Waals surface area contributed by atoms with Crippen LogP contribution in [0.3, 0.4) is 0 Å². The fourth-order valence-corrected chi connectivity index (χ4v) is 3.64. The van der Waals surface area contributed by atoms with E-state index in [9.17, 15) is 19.2 Å². The predicted molar refractivity (Wildman–Crippen MR) is 131 cm³/mol. The molecular weight excluding hydrogens is 446 g/mol. The molecule has 1 aliphatic heterocycles. The summed E-state index contributed by atoms with van der Waals surface area (Å²) in [6, 6.07) is 17.3. The number of anilines is 1. The fraction of sp³-hybridized carbons (Fsp3) is 0.148. The van der Waals surface area contributed by atoms with Gasteiger partial charge in [-0.05, 0) is 53.9 Å². The first-order valence-corrected chi connectivity index (χ1v) is 11.1. The van der Waals surface area contributed by atoms with Crippen LogP contribution in [-0.2, 0) is 9.59 Å². The Morgan fingerprint density at radius 2 is 1.60 bits per heavy atom. The number of carbonyl (C=O) groups excluding carboxylic acids is 4. The number of benzene rings is 2. The van der Waals surface area contributed by atoms with Crippen LogP contribution in [0, 0.1) is 0 Å². The van der Waals surface area contributed by atoms with Crippen LogP contribution >= 0.6 is 0 Å². The van der Waals surface area contributed by atoms with E-state index in [0.717, 1.165) is 11.1 Å². The first-order valence-electron chi connectivity index (χ1n) is 11.1. The van der Waals surface area contributed by atoms with Crippen molar-refractivity contribution in [1.82, 2.24) is 9.88 Å². The molecule has 0 saturated carbocycles. The van der Waals surface area contributed by atoms with Gasteiger partial charge in [0.2, 0.25) is 5.91 Å². The summed E-state index contributed by atoms with van der Waals surface area (Å²) in [5.41, 5.74) is 2.56. The summed E-state index contributed by atoms with van der Waals surface area (Å²) >= 11 is 0. The lowest BCUT2D eigenvalue weighted by Gasteiger charge is -2.13. The van der Waals surface area contributed by atoms with Gasteiger partial charge in [0.1, 0.15) is 11.6 Å². The number of rotatable bonds is 8. The molecule has 1 aromatic heterocycles. The van der Waals surface area contributed by atoms with Crippen molar-refractivity contribution in [2.45, 2.75) is 19.8 Å². The van der Waals surface area contributed by atoms with E-state index in [-0.39, 0.29) is 30.7 Å². The SMILES string of the molecule is CC(=O)Nc1cc(/C=C/c2ccc(OC(=O)CCCN3C(=O)c4ccccc4C3=O)cc2)ccn1. The van der Waals surface area contributed by atoms with Crippen LogP contribution in [0.15, 0.2) is 66.9 Å². The number of imide groups is 1. The quantitative estimate of drug-likeness (QED) is 0.301. The first kappa shape index (κ1) is 23.6. The molecule has 2 aromatic carbocycles. The minimum absolute atomic E-state index is 0.0771. The van der Waals surface area contributed by atoms with Gasteiger partial charge in [-0.2, -0.15) is 0 Å². The maximum Gasteiger partial charge on any atom is 0.311 e. The fourth-order valence-electron chi connectivity index (χ4n) is 3.64. The van der Waals surface area contributed by atoms with Gasteiger partial charge in [0.05, 0.1) is 11.1 Å². The van der Waals surface area contributed by atoms with Crippen molar-refractivity contribution in [3.05, 3.63) is 89.1 Å². The average Bonchev–Trinajstić information content (AvgIpc) is 3.08. The molecule has 4 rings (SSSR count). The third-order valence-electron chi connectivity index (χ3n) is 5.31. The van der Waals surface area contributed by atoms with Gasteiger partial charge >= 0.3 is 5.97 Å². The number of carbonyl (C=O) groups is 4. The van der Waals surface area contributed by atoms with E-state index in [0.29, 0.717) is 29.1 Å². The van der Waals surface area contributed by atoms with Crippen LogP contribution in [0.25, 0.3) is 12.2 Å². The lowest BCUT2D eigenvalue weighted by Crippen LogP contribution is -2.31. The Balaban J connectivity index is 1.26. The molecule has 3 amide bonds. The second kappa shape index (κ2) is 10.6. The molecule has 2 heterocycles. The predicted octanol–water partition coefficient (Wildman–Crippen LogP) is 4.19. The van der Waals surface area contributed by atoms with Gasteiger partial charge in [-0.15, -0.1) is 0 Å². The number of esters is 1. The highest BCUT2D eigenvalue weighted by atomic mass is 16.5. The van der Waals surface area contributed by atoms with Gasteiger partial charge in [0.15, 0.2) is 0 Å². The molecular formula is C27H23N3O5. The highest BCUT2D eigenvalue weighted by molar-refractivity contribution is 6.21. The summed E-state index contributed by atoms with van der Waals surface area (Å²) in [4.78, 5) is 53.4. The summed E-state index contributed by atoms with van der Waals surface area (Å²) in [5, 5.41) is 2.64. The Hall–Kier alpha value is -4.59. The Bertz CT molecular complexity index is 1280. The van der Waals surface area contributed by atoms with Crippen molar-refractivity contribution in [1.29, 1.82) is 0 Å². The minimum atomic E-state index is -0.438. The van der Waals surface area contributed by atoms with E-state index in [1.165, 1.54) is 11.8 Å². The van der Waals surface area contributed by atoms with Gasteiger partial charge < -0.3 is 10.1 Å². The largest absolute Gasteiger partial charge is 0.427 e. The van der Waals surface area contributed by atoms with E-state index < -0.39 is 5.97 Å². The monoisotopic (exact) mass is 469 g/mol. The number of pyridine rings is 1. The zero-order valence-corrected chi connectivity index (χ0v) is 19.1. The van der Waals surface area contributed by atoms with Crippen LogP contribution in [0.2, 0.25) is 0 Å². The van der Waals surface area contributed by atoms with Crippen molar-refractivity contribution in [3.63, 3.8) is 0 Å². The smallest absolute Gasteiger partial charge is 0.311 e. The van der Waals surface area contributed by atoms with E-state index in [4.69, 9.17) is 4.74 Å². The summed E-state index contributed by atoms with van der Waals surface area (Å²) in [6.07, 6.45) is 5.78. The molecule has 1 aliphatic rings. The van der Waals surface area contributed by atoms with Crippen LogP contribution in [0.1, 0.15) is 51.6 Å². The first-order chi connectivity index (χ1) is 16.9. The molecule has 0 bridgehead atoms. The molecule has 176 valence electrons. The van der Waals surface area contributed by atoms with Crippen molar-refractivity contribution >= 4 is 41.7 Å². The van der Waals surface area contributed by atoms with Crippen molar-refractivity contribution < 1.29 is 23.9 Å². The van der Waals surface area contributed by atoms with Gasteiger partial charge in [-0.25, -0.2) is 4.98 Å². The van der Waals surface area contributed by atoms with Gasteiger partial charge in [-0.3, -0.25) is 24.1 Å². The van der Waals surface area contributed by atoms with Crippen LogP contribution < -0.4 is 10.1 Å².